The second-order valence-electron chi connectivity index (χ2n) is 7.81. The Morgan fingerprint density at radius 1 is 1.05 bits per heavy atom. The Hall–Kier alpha value is -1.37. The molecular formula is C20H28O. The summed E-state index contributed by atoms with van der Waals surface area (Å²) in [4.78, 5) is 11.1. The van der Waals surface area contributed by atoms with E-state index in [2.05, 4.69) is 52.8 Å². The monoisotopic (exact) mass is 284 g/mol. The minimum atomic E-state index is -0.0539. The number of rotatable bonds is 3. The molecule has 0 amide bonds. The summed E-state index contributed by atoms with van der Waals surface area (Å²) >= 11 is 0. The molecule has 0 saturated carbocycles. The molecule has 0 fully saturated rings. The van der Waals surface area contributed by atoms with Crippen molar-refractivity contribution in [3.63, 3.8) is 0 Å². The maximum atomic E-state index is 11.1. The van der Waals surface area contributed by atoms with Gasteiger partial charge in [0, 0.05) is 0 Å². The molecule has 0 bridgehead atoms. The van der Waals surface area contributed by atoms with Crippen molar-refractivity contribution >= 4 is 6.29 Å². The van der Waals surface area contributed by atoms with Crippen molar-refractivity contribution in [2.75, 3.05) is 0 Å². The van der Waals surface area contributed by atoms with Crippen molar-refractivity contribution in [2.24, 2.45) is 10.8 Å². The summed E-state index contributed by atoms with van der Waals surface area (Å²) in [6.45, 7) is 11.2. The molecule has 1 nitrogen and oxygen atoms in total. The third kappa shape index (κ3) is 3.45. The third-order valence-corrected chi connectivity index (χ3v) is 5.04. The Morgan fingerprint density at radius 3 is 2.33 bits per heavy atom. The van der Waals surface area contributed by atoms with Crippen LogP contribution in [0.1, 0.15) is 60.3 Å². The molecule has 0 aromatic carbocycles. The summed E-state index contributed by atoms with van der Waals surface area (Å²) < 4.78 is 0. The van der Waals surface area contributed by atoms with E-state index in [0.717, 1.165) is 18.3 Å². The van der Waals surface area contributed by atoms with E-state index < -0.39 is 0 Å². The smallest absolute Gasteiger partial charge is 0.146 e. The first-order valence-corrected chi connectivity index (χ1v) is 8.01. The molecular weight excluding hydrogens is 256 g/mol. The Balaban J connectivity index is 2.24. The van der Waals surface area contributed by atoms with Crippen LogP contribution in [0.15, 0.2) is 46.6 Å². The van der Waals surface area contributed by atoms with Crippen LogP contribution in [0.2, 0.25) is 0 Å². The van der Waals surface area contributed by atoms with Crippen LogP contribution >= 0.6 is 0 Å². The summed E-state index contributed by atoms with van der Waals surface area (Å²) in [7, 11) is 0. The van der Waals surface area contributed by atoms with Crippen LogP contribution < -0.4 is 0 Å². The molecule has 0 N–H and O–H groups in total. The van der Waals surface area contributed by atoms with Gasteiger partial charge in [0.15, 0.2) is 0 Å². The van der Waals surface area contributed by atoms with E-state index in [1.807, 2.05) is 6.08 Å². The zero-order valence-corrected chi connectivity index (χ0v) is 14.1. The number of hydrogen-bond donors (Lipinski definition) is 0. The fourth-order valence-corrected chi connectivity index (χ4v) is 3.61. The molecule has 114 valence electrons. The molecule has 0 heterocycles. The lowest BCUT2D eigenvalue weighted by Crippen LogP contribution is -2.20. The zero-order valence-electron chi connectivity index (χ0n) is 14.1. The molecule has 0 radical (unpaired) electrons. The van der Waals surface area contributed by atoms with Crippen LogP contribution in [0.3, 0.4) is 0 Å². The van der Waals surface area contributed by atoms with Crippen LogP contribution in [0.5, 0.6) is 0 Å². The van der Waals surface area contributed by atoms with Gasteiger partial charge >= 0.3 is 0 Å². The van der Waals surface area contributed by atoms with E-state index in [4.69, 9.17) is 0 Å². The van der Waals surface area contributed by atoms with Gasteiger partial charge in [-0.05, 0) is 60.2 Å². The molecule has 0 aromatic rings. The van der Waals surface area contributed by atoms with Crippen LogP contribution in [0.4, 0.5) is 0 Å². The van der Waals surface area contributed by atoms with Crippen LogP contribution in [0, 0.1) is 10.8 Å². The average Bonchev–Trinajstić information content (AvgIpc) is 2.36. The van der Waals surface area contributed by atoms with E-state index in [1.165, 1.54) is 36.0 Å². The number of carbonyl (C=O) groups is 1. The Morgan fingerprint density at radius 2 is 1.76 bits per heavy atom. The summed E-state index contributed by atoms with van der Waals surface area (Å²) in [6.07, 6.45) is 14.4. The first-order valence-electron chi connectivity index (χ1n) is 8.01. The third-order valence-electron chi connectivity index (χ3n) is 5.04. The van der Waals surface area contributed by atoms with Crippen molar-refractivity contribution in [3.8, 4) is 0 Å². The molecule has 0 saturated heterocycles. The molecule has 21 heavy (non-hydrogen) atoms. The maximum absolute atomic E-state index is 11.1. The molecule has 2 aliphatic rings. The molecule has 0 aromatic heterocycles. The second kappa shape index (κ2) is 5.79. The quantitative estimate of drug-likeness (QED) is 0.621. The number of allylic oxidation sites excluding steroid dienone is 8. The Labute approximate surface area is 129 Å². The standard InChI is InChI=1S/C20H28O/c1-15-7-6-12-19(2,3)18(15)11-9-16-8-10-17(14-21)20(4,5)13-16/h8-11,14H,6-7,12-13H2,1-5H3/b11-9+. The first-order chi connectivity index (χ1) is 9.76. The molecule has 1 heteroatoms. The van der Waals surface area contributed by atoms with Crippen LogP contribution in [-0.4, -0.2) is 6.29 Å². The fraction of sp³-hybridized carbons (Fsp3) is 0.550. The fourth-order valence-electron chi connectivity index (χ4n) is 3.61. The van der Waals surface area contributed by atoms with Gasteiger partial charge in [-0.15, -0.1) is 0 Å². The normalized spacial score (nSPS) is 24.8. The molecule has 0 unspecified atom stereocenters. The minimum Gasteiger partial charge on any atom is -0.298 e. The largest absolute Gasteiger partial charge is 0.298 e. The molecule has 2 rings (SSSR count). The van der Waals surface area contributed by atoms with Gasteiger partial charge in [-0.3, -0.25) is 4.79 Å². The van der Waals surface area contributed by atoms with Crippen molar-refractivity contribution < 1.29 is 4.79 Å². The average molecular weight is 284 g/mol. The Bertz CT molecular complexity index is 550. The molecule has 2 aliphatic carbocycles. The zero-order chi connectivity index (χ0) is 15.7. The van der Waals surface area contributed by atoms with E-state index in [1.54, 1.807) is 0 Å². The van der Waals surface area contributed by atoms with E-state index in [-0.39, 0.29) is 10.8 Å². The number of aldehydes is 1. The summed E-state index contributed by atoms with van der Waals surface area (Å²) in [6, 6.07) is 0. The summed E-state index contributed by atoms with van der Waals surface area (Å²) in [5.41, 5.74) is 5.47. The van der Waals surface area contributed by atoms with Gasteiger partial charge in [-0.1, -0.05) is 57.6 Å². The van der Waals surface area contributed by atoms with Crippen molar-refractivity contribution in [1.29, 1.82) is 0 Å². The Kier molecular flexibility index (Phi) is 4.41. The summed E-state index contributed by atoms with van der Waals surface area (Å²) in [5.74, 6) is 0. The van der Waals surface area contributed by atoms with Crippen molar-refractivity contribution in [3.05, 3.63) is 46.6 Å². The van der Waals surface area contributed by atoms with E-state index in [9.17, 15) is 4.79 Å². The summed E-state index contributed by atoms with van der Waals surface area (Å²) in [5, 5.41) is 0. The predicted octanol–water partition coefficient (Wildman–Crippen LogP) is 5.55. The van der Waals surface area contributed by atoms with Crippen LogP contribution in [0.25, 0.3) is 0 Å². The second-order valence-corrected chi connectivity index (χ2v) is 7.81. The minimum absolute atomic E-state index is 0.0539. The highest BCUT2D eigenvalue weighted by Crippen LogP contribution is 2.41. The lowest BCUT2D eigenvalue weighted by molar-refractivity contribution is -0.105. The highest BCUT2D eigenvalue weighted by molar-refractivity contribution is 5.76. The first kappa shape index (κ1) is 16.0. The molecule has 0 aliphatic heterocycles. The van der Waals surface area contributed by atoms with Crippen molar-refractivity contribution in [2.45, 2.75) is 60.3 Å². The van der Waals surface area contributed by atoms with Gasteiger partial charge in [0.2, 0.25) is 0 Å². The number of hydrogen-bond acceptors (Lipinski definition) is 1. The number of carbonyl (C=O) groups excluding carboxylic acids is 1. The maximum Gasteiger partial charge on any atom is 0.146 e. The lowest BCUT2D eigenvalue weighted by atomic mass is 9.72. The van der Waals surface area contributed by atoms with Gasteiger partial charge in [-0.2, -0.15) is 0 Å². The highest BCUT2D eigenvalue weighted by Gasteiger charge is 2.28. The molecule has 0 atom stereocenters. The van der Waals surface area contributed by atoms with Gasteiger partial charge in [0.05, 0.1) is 0 Å². The van der Waals surface area contributed by atoms with Gasteiger partial charge in [0.1, 0.15) is 6.29 Å². The van der Waals surface area contributed by atoms with E-state index >= 15 is 0 Å². The van der Waals surface area contributed by atoms with Gasteiger partial charge in [-0.25, -0.2) is 0 Å². The van der Waals surface area contributed by atoms with Crippen LogP contribution in [-0.2, 0) is 4.79 Å². The SMILES string of the molecule is CC1=C(/C=C/C2=CC=C(C=O)C(C)(C)C2)C(C)(C)CCC1. The highest BCUT2D eigenvalue weighted by atomic mass is 16.1. The van der Waals surface area contributed by atoms with Gasteiger partial charge < -0.3 is 0 Å². The lowest BCUT2D eigenvalue weighted by Gasteiger charge is -2.33. The molecule has 0 spiro atoms. The topological polar surface area (TPSA) is 17.1 Å². The predicted molar refractivity (Wildman–Crippen MR) is 90.1 cm³/mol. The van der Waals surface area contributed by atoms with E-state index in [0.29, 0.717) is 0 Å². The van der Waals surface area contributed by atoms with Gasteiger partial charge in [0.25, 0.3) is 0 Å². The van der Waals surface area contributed by atoms with Crippen molar-refractivity contribution in [1.82, 2.24) is 0 Å².